The molecule has 0 aromatic carbocycles. The molecule has 0 bridgehead atoms. The normalized spacial score (nSPS) is 17.8. The number of anilines is 1. The Hall–Kier alpha value is -0.750. The van der Waals surface area contributed by atoms with Crippen LogP contribution in [-0.4, -0.2) is 35.7 Å². The van der Waals surface area contributed by atoms with Gasteiger partial charge in [0.25, 0.3) is 0 Å². The van der Waals surface area contributed by atoms with Gasteiger partial charge in [0.2, 0.25) is 0 Å². The monoisotopic (exact) mass is 314 g/mol. The lowest BCUT2D eigenvalue weighted by atomic mass is 10.3. The standard InChI is InChI=1S/C14H22N2O2S2/c1-13(2,3)20(17,18)12-6-5-11(9-15-12)16-10-14(19-4)7-8-14/h5-6,9,16H,7-8,10H2,1-4H3. The van der Waals surface area contributed by atoms with Gasteiger partial charge in [-0.2, -0.15) is 11.8 Å². The molecule has 4 nitrogen and oxygen atoms in total. The van der Waals surface area contributed by atoms with E-state index in [2.05, 4.69) is 16.6 Å². The number of hydrogen-bond acceptors (Lipinski definition) is 5. The number of rotatable bonds is 5. The van der Waals surface area contributed by atoms with Crippen LogP contribution in [0.2, 0.25) is 0 Å². The van der Waals surface area contributed by atoms with Crippen LogP contribution in [0.4, 0.5) is 5.69 Å². The Morgan fingerprint density at radius 2 is 2.00 bits per heavy atom. The summed E-state index contributed by atoms with van der Waals surface area (Å²) in [5.41, 5.74) is 0.873. The summed E-state index contributed by atoms with van der Waals surface area (Å²) < 4.78 is 24.0. The Balaban J connectivity index is 2.07. The topological polar surface area (TPSA) is 59.1 Å². The third-order valence-corrected chi connectivity index (χ3v) is 7.50. The molecule has 1 saturated carbocycles. The van der Waals surface area contributed by atoms with E-state index < -0.39 is 14.6 Å². The molecule has 6 heteroatoms. The molecule has 0 amide bonds. The second kappa shape index (κ2) is 5.22. The summed E-state index contributed by atoms with van der Waals surface area (Å²) in [6.07, 6.45) is 6.22. The number of hydrogen-bond donors (Lipinski definition) is 1. The zero-order valence-corrected chi connectivity index (χ0v) is 14.1. The van der Waals surface area contributed by atoms with Crippen LogP contribution < -0.4 is 5.32 Å². The molecule has 1 heterocycles. The van der Waals surface area contributed by atoms with Crippen molar-refractivity contribution in [3.63, 3.8) is 0 Å². The zero-order valence-electron chi connectivity index (χ0n) is 12.4. The molecule has 112 valence electrons. The quantitative estimate of drug-likeness (QED) is 0.905. The van der Waals surface area contributed by atoms with Gasteiger partial charge in [0, 0.05) is 11.3 Å². The van der Waals surface area contributed by atoms with Crippen molar-refractivity contribution in [1.82, 2.24) is 4.98 Å². The highest BCUT2D eigenvalue weighted by Crippen LogP contribution is 2.47. The molecule has 0 atom stereocenters. The molecule has 1 aromatic rings. The summed E-state index contributed by atoms with van der Waals surface area (Å²) in [6.45, 7) is 5.96. The van der Waals surface area contributed by atoms with Crippen molar-refractivity contribution < 1.29 is 8.42 Å². The molecule has 20 heavy (non-hydrogen) atoms. The van der Waals surface area contributed by atoms with Gasteiger partial charge in [-0.05, 0) is 52.0 Å². The molecular weight excluding hydrogens is 292 g/mol. The lowest BCUT2D eigenvalue weighted by molar-refractivity contribution is 0.556. The van der Waals surface area contributed by atoms with Gasteiger partial charge < -0.3 is 5.32 Å². The third kappa shape index (κ3) is 3.11. The first-order valence-electron chi connectivity index (χ1n) is 6.70. The summed E-state index contributed by atoms with van der Waals surface area (Å²) >= 11 is 1.89. The first-order chi connectivity index (χ1) is 9.20. The van der Waals surface area contributed by atoms with Crippen LogP contribution in [0.5, 0.6) is 0 Å². The SMILES string of the molecule is CSC1(CNc2ccc(S(=O)(=O)C(C)(C)C)nc2)CC1. The van der Waals surface area contributed by atoms with Crippen molar-refractivity contribution >= 4 is 27.3 Å². The molecule has 0 saturated heterocycles. The van der Waals surface area contributed by atoms with Gasteiger partial charge in [-0.3, -0.25) is 0 Å². The smallest absolute Gasteiger partial charge is 0.200 e. The van der Waals surface area contributed by atoms with E-state index in [1.807, 2.05) is 11.8 Å². The first kappa shape index (κ1) is 15.6. The molecule has 1 fully saturated rings. The Morgan fingerprint density at radius 1 is 1.35 bits per heavy atom. The van der Waals surface area contributed by atoms with Gasteiger partial charge in [0.05, 0.1) is 16.6 Å². The van der Waals surface area contributed by atoms with E-state index in [4.69, 9.17) is 0 Å². The van der Waals surface area contributed by atoms with Crippen molar-refractivity contribution in [2.75, 3.05) is 18.1 Å². The van der Waals surface area contributed by atoms with E-state index in [9.17, 15) is 8.42 Å². The molecule has 1 aliphatic carbocycles. The number of nitrogens with zero attached hydrogens (tertiary/aromatic N) is 1. The van der Waals surface area contributed by atoms with E-state index in [1.165, 1.54) is 12.8 Å². The maximum Gasteiger partial charge on any atom is 0.200 e. The average Bonchev–Trinajstić information content (AvgIpc) is 3.16. The Kier molecular flexibility index (Phi) is 4.08. The fraction of sp³-hybridized carbons (Fsp3) is 0.643. The van der Waals surface area contributed by atoms with E-state index in [-0.39, 0.29) is 5.03 Å². The van der Waals surface area contributed by atoms with Crippen LogP contribution in [-0.2, 0) is 9.84 Å². The second-order valence-corrected chi connectivity index (χ2v) is 10.2. The number of aromatic nitrogens is 1. The van der Waals surface area contributed by atoms with Gasteiger partial charge >= 0.3 is 0 Å². The van der Waals surface area contributed by atoms with Crippen LogP contribution in [0, 0.1) is 0 Å². The van der Waals surface area contributed by atoms with Gasteiger partial charge in [-0.15, -0.1) is 0 Å². The summed E-state index contributed by atoms with van der Waals surface area (Å²) in [7, 11) is -3.37. The minimum atomic E-state index is -3.37. The largest absolute Gasteiger partial charge is 0.382 e. The minimum Gasteiger partial charge on any atom is -0.382 e. The number of sulfone groups is 1. The fourth-order valence-electron chi connectivity index (χ4n) is 1.81. The summed E-state index contributed by atoms with van der Waals surface area (Å²) in [5, 5.41) is 3.48. The molecule has 0 unspecified atom stereocenters. The van der Waals surface area contributed by atoms with Crippen molar-refractivity contribution in [1.29, 1.82) is 0 Å². The second-order valence-electron chi connectivity index (χ2n) is 6.24. The molecule has 2 rings (SSSR count). The molecule has 0 aliphatic heterocycles. The summed E-state index contributed by atoms with van der Waals surface area (Å²) in [6, 6.07) is 3.38. The van der Waals surface area contributed by atoms with Gasteiger partial charge in [0.1, 0.15) is 0 Å². The van der Waals surface area contributed by atoms with Crippen LogP contribution in [0.25, 0.3) is 0 Å². The highest BCUT2D eigenvalue weighted by Gasteiger charge is 2.41. The van der Waals surface area contributed by atoms with Crippen LogP contribution in [0.15, 0.2) is 23.4 Å². The van der Waals surface area contributed by atoms with E-state index in [1.54, 1.807) is 39.1 Å². The van der Waals surface area contributed by atoms with Gasteiger partial charge in [0.15, 0.2) is 14.9 Å². The Labute approximate surface area is 125 Å². The third-order valence-electron chi connectivity index (χ3n) is 3.67. The molecule has 1 N–H and O–H groups in total. The lowest BCUT2D eigenvalue weighted by Gasteiger charge is -2.19. The molecule has 0 radical (unpaired) electrons. The fourth-order valence-corrected chi connectivity index (χ4v) is 3.61. The Morgan fingerprint density at radius 3 is 2.40 bits per heavy atom. The highest BCUT2D eigenvalue weighted by atomic mass is 32.2. The Bertz CT molecular complexity index is 570. The van der Waals surface area contributed by atoms with Crippen molar-refractivity contribution in [3.05, 3.63) is 18.3 Å². The number of thioether (sulfide) groups is 1. The van der Waals surface area contributed by atoms with Crippen LogP contribution >= 0.6 is 11.8 Å². The van der Waals surface area contributed by atoms with E-state index in [0.717, 1.165) is 12.2 Å². The lowest BCUT2D eigenvalue weighted by Crippen LogP contribution is -2.28. The van der Waals surface area contributed by atoms with Crippen molar-refractivity contribution in [2.45, 2.75) is 48.1 Å². The summed E-state index contributed by atoms with van der Waals surface area (Å²) in [5.74, 6) is 0. The predicted molar refractivity (Wildman–Crippen MR) is 85.1 cm³/mol. The van der Waals surface area contributed by atoms with Crippen LogP contribution in [0.1, 0.15) is 33.6 Å². The summed E-state index contributed by atoms with van der Waals surface area (Å²) in [4.78, 5) is 4.11. The maximum atomic E-state index is 12.3. The highest BCUT2D eigenvalue weighted by molar-refractivity contribution is 8.00. The molecule has 1 aliphatic rings. The number of nitrogens with one attached hydrogen (secondary N) is 1. The van der Waals surface area contributed by atoms with Crippen molar-refractivity contribution in [2.24, 2.45) is 0 Å². The predicted octanol–water partition coefficient (Wildman–Crippen LogP) is 2.96. The minimum absolute atomic E-state index is 0.140. The average molecular weight is 314 g/mol. The van der Waals surface area contributed by atoms with Crippen molar-refractivity contribution in [3.8, 4) is 0 Å². The van der Waals surface area contributed by atoms with Gasteiger partial charge in [-0.25, -0.2) is 13.4 Å². The van der Waals surface area contributed by atoms with Crippen LogP contribution in [0.3, 0.4) is 0 Å². The molecular formula is C14H22N2O2S2. The molecule has 0 spiro atoms. The van der Waals surface area contributed by atoms with E-state index in [0.29, 0.717) is 4.75 Å². The maximum absolute atomic E-state index is 12.3. The molecule has 1 aromatic heterocycles. The van der Waals surface area contributed by atoms with E-state index >= 15 is 0 Å². The van der Waals surface area contributed by atoms with Gasteiger partial charge in [-0.1, -0.05) is 0 Å². The first-order valence-corrected chi connectivity index (χ1v) is 9.41. The number of pyridine rings is 1. The zero-order chi connectivity index (χ0) is 15.0.